The van der Waals surface area contributed by atoms with Crippen LogP contribution < -0.4 is 24.3 Å². The predicted molar refractivity (Wildman–Crippen MR) is 96.7 cm³/mol. The molecule has 8 heteroatoms. The average molecular weight is 385 g/mol. The number of fused-ring (bicyclic) bond motifs is 2. The molecule has 0 aromatic heterocycles. The number of hydrogen-bond acceptors (Lipinski definition) is 7. The van der Waals surface area contributed by atoms with Crippen LogP contribution in [-0.4, -0.2) is 38.0 Å². The monoisotopic (exact) mass is 385 g/mol. The van der Waals surface area contributed by atoms with Crippen LogP contribution in [0.4, 0.5) is 0 Å². The second kappa shape index (κ2) is 7.67. The molecule has 0 radical (unpaired) electrons. The van der Waals surface area contributed by atoms with Gasteiger partial charge in [0.15, 0.2) is 29.1 Å². The van der Waals surface area contributed by atoms with Crippen LogP contribution >= 0.6 is 0 Å². The van der Waals surface area contributed by atoms with E-state index < -0.39 is 18.0 Å². The molecule has 4 rings (SSSR count). The standard InChI is InChI=1S/C20H19NO7/c1-12(19(22)21-10-13-2-4-16-17(8-13)27-11-26-16)28-20(23)14-3-5-15-18(9-14)25-7-6-24-15/h2-5,8-9,12H,6-7,10-11H2,1H3,(H,21,22)/t12-/m1/s1. The summed E-state index contributed by atoms with van der Waals surface area (Å²) in [5, 5.41) is 2.74. The maximum absolute atomic E-state index is 12.3. The Labute approximate surface area is 161 Å². The third kappa shape index (κ3) is 3.80. The summed E-state index contributed by atoms with van der Waals surface area (Å²) in [6, 6.07) is 10.2. The smallest absolute Gasteiger partial charge is 0.339 e. The number of ether oxygens (including phenoxy) is 5. The van der Waals surface area contributed by atoms with E-state index in [9.17, 15) is 9.59 Å². The maximum Gasteiger partial charge on any atom is 0.339 e. The van der Waals surface area contributed by atoms with E-state index in [-0.39, 0.29) is 13.3 Å². The van der Waals surface area contributed by atoms with Crippen molar-refractivity contribution >= 4 is 11.9 Å². The van der Waals surface area contributed by atoms with Gasteiger partial charge in [0.25, 0.3) is 5.91 Å². The highest BCUT2D eigenvalue weighted by molar-refractivity contribution is 5.92. The van der Waals surface area contributed by atoms with Crippen LogP contribution in [0.2, 0.25) is 0 Å². The van der Waals surface area contributed by atoms with Gasteiger partial charge in [-0.25, -0.2) is 4.79 Å². The molecule has 0 aliphatic carbocycles. The van der Waals surface area contributed by atoms with Crippen molar-refractivity contribution in [1.82, 2.24) is 5.32 Å². The van der Waals surface area contributed by atoms with Gasteiger partial charge in [-0.05, 0) is 42.8 Å². The second-order valence-electron chi connectivity index (χ2n) is 6.31. The zero-order chi connectivity index (χ0) is 19.5. The summed E-state index contributed by atoms with van der Waals surface area (Å²) < 4.78 is 26.7. The number of benzene rings is 2. The van der Waals surface area contributed by atoms with E-state index >= 15 is 0 Å². The largest absolute Gasteiger partial charge is 0.486 e. The summed E-state index contributed by atoms with van der Waals surface area (Å²) in [4.78, 5) is 24.6. The quantitative estimate of drug-likeness (QED) is 0.788. The first kappa shape index (κ1) is 18.0. The molecule has 2 aliphatic heterocycles. The van der Waals surface area contributed by atoms with Gasteiger partial charge in [0, 0.05) is 6.54 Å². The second-order valence-corrected chi connectivity index (χ2v) is 6.31. The lowest BCUT2D eigenvalue weighted by atomic mass is 10.2. The number of carbonyl (C=O) groups excluding carboxylic acids is 2. The molecular weight excluding hydrogens is 366 g/mol. The van der Waals surface area contributed by atoms with E-state index in [1.165, 1.54) is 6.92 Å². The maximum atomic E-state index is 12.3. The van der Waals surface area contributed by atoms with Crippen LogP contribution in [0.25, 0.3) is 0 Å². The number of esters is 1. The lowest BCUT2D eigenvalue weighted by Crippen LogP contribution is -2.35. The molecule has 0 unspecified atom stereocenters. The third-order valence-corrected chi connectivity index (χ3v) is 4.33. The van der Waals surface area contributed by atoms with Crippen molar-refractivity contribution in [2.24, 2.45) is 0 Å². The van der Waals surface area contributed by atoms with Crippen LogP contribution in [0.15, 0.2) is 36.4 Å². The van der Waals surface area contributed by atoms with E-state index in [0.29, 0.717) is 41.8 Å². The zero-order valence-electron chi connectivity index (χ0n) is 15.2. The summed E-state index contributed by atoms with van der Waals surface area (Å²) in [6.07, 6.45) is -0.949. The normalized spacial score (nSPS) is 14.9. The van der Waals surface area contributed by atoms with Crippen molar-refractivity contribution in [2.45, 2.75) is 19.6 Å². The van der Waals surface area contributed by atoms with Crippen molar-refractivity contribution < 1.29 is 33.3 Å². The molecule has 146 valence electrons. The molecule has 2 aliphatic rings. The van der Waals surface area contributed by atoms with E-state index in [1.807, 2.05) is 6.07 Å². The van der Waals surface area contributed by atoms with E-state index in [4.69, 9.17) is 23.7 Å². The molecule has 0 bridgehead atoms. The van der Waals surface area contributed by atoms with Crippen LogP contribution in [0.1, 0.15) is 22.8 Å². The Morgan fingerprint density at radius 2 is 1.64 bits per heavy atom. The van der Waals surface area contributed by atoms with E-state index in [1.54, 1.807) is 30.3 Å². The molecule has 0 spiro atoms. The lowest BCUT2D eigenvalue weighted by Gasteiger charge is -2.19. The fraction of sp³-hybridized carbons (Fsp3) is 0.300. The molecule has 2 heterocycles. The molecule has 2 aromatic rings. The lowest BCUT2D eigenvalue weighted by molar-refractivity contribution is -0.129. The highest BCUT2D eigenvalue weighted by Gasteiger charge is 2.21. The van der Waals surface area contributed by atoms with Gasteiger partial charge >= 0.3 is 5.97 Å². The summed E-state index contributed by atoms with van der Waals surface area (Å²) in [6.45, 7) is 2.88. The third-order valence-electron chi connectivity index (χ3n) is 4.33. The van der Waals surface area contributed by atoms with Crippen LogP contribution in [-0.2, 0) is 16.1 Å². The van der Waals surface area contributed by atoms with Crippen LogP contribution in [0.5, 0.6) is 23.0 Å². The molecule has 0 fully saturated rings. The molecule has 28 heavy (non-hydrogen) atoms. The van der Waals surface area contributed by atoms with Gasteiger partial charge in [0.2, 0.25) is 6.79 Å². The Morgan fingerprint density at radius 3 is 2.50 bits per heavy atom. The van der Waals surface area contributed by atoms with E-state index in [0.717, 1.165) is 5.56 Å². The minimum atomic E-state index is -0.949. The molecule has 1 atom stereocenters. The fourth-order valence-electron chi connectivity index (χ4n) is 2.84. The molecule has 8 nitrogen and oxygen atoms in total. The van der Waals surface area contributed by atoms with Crippen LogP contribution in [0.3, 0.4) is 0 Å². The Balaban J connectivity index is 1.32. The molecular formula is C20H19NO7. The van der Waals surface area contributed by atoms with Crippen molar-refractivity contribution in [3.8, 4) is 23.0 Å². The number of amides is 1. The van der Waals surface area contributed by atoms with Crippen molar-refractivity contribution in [3.05, 3.63) is 47.5 Å². The van der Waals surface area contributed by atoms with Gasteiger partial charge in [0.05, 0.1) is 5.56 Å². The number of hydrogen-bond donors (Lipinski definition) is 1. The first-order valence-corrected chi connectivity index (χ1v) is 8.87. The Kier molecular flexibility index (Phi) is 4.92. The molecule has 2 aromatic carbocycles. The predicted octanol–water partition coefficient (Wildman–Crippen LogP) is 2.05. The average Bonchev–Trinajstić information content (AvgIpc) is 3.19. The molecule has 0 saturated carbocycles. The summed E-state index contributed by atoms with van der Waals surface area (Å²) in [5.41, 5.74) is 1.14. The first-order chi connectivity index (χ1) is 13.6. The van der Waals surface area contributed by atoms with Crippen molar-refractivity contribution in [2.75, 3.05) is 20.0 Å². The Morgan fingerprint density at radius 1 is 0.964 bits per heavy atom. The fourth-order valence-corrected chi connectivity index (χ4v) is 2.84. The summed E-state index contributed by atoms with van der Waals surface area (Å²) in [7, 11) is 0. The Bertz CT molecular complexity index is 911. The van der Waals surface area contributed by atoms with Gasteiger partial charge in [-0.15, -0.1) is 0 Å². The van der Waals surface area contributed by atoms with Crippen molar-refractivity contribution in [3.63, 3.8) is 0 Å². The highest BCUT2D eigenvalue weighted by Crippen LogP contribution is 2.32. The molecule has 1 N–H and O–H groups in total. The first-order valence-electron chi connectivity index (χ1n) is 8.87. The van der Waals surface area contributed by atoms with Gasteiger partial charge in [-0.3, -0.25) is 4.79 Å². The van der Waals surface area contributed by atoms with Gasteiger partial charge in [0.1, 0.15) is 13.2 Å². The molecule has 1 amide bonds. The summed E-state index contributed by atoms with van der Waals surface area (Å²) >= 11 is 0. The minimum Gasteiger partial charge on any atom is -0.486 e. The minimum absolute atomic E-state index is 0.192. The topological polar surface area (TPSA) is 92.3 Å². The summed E-state index contributed by atoms with van der Waals surface area (Å²) in [5.74, 6) is 1.38. The number of carbonyl (C=O) groups is 2. The van der Waals surface area contributed by atoms with Gasteiger partial charge in [-0.1, -0.05) is 6.07 Å². The zero-order valence-corrected chi connectivity index (χ0v) is 15.2. The van der Waals surface area contributed by atoms with Crippen molar-refractivity contribution in [1.29, 1.82) is 0 Å². The van der Waals surface area contributed by atoms with Gasteiger partial charge in [-0.2, -0.15) is 0 Å². The van der Waals surface area contributed by atoms with Crippen LogP contribution in [0, 0.1) is 0 Å². The number of rotatable bonds is 5. The SMILES string of the molecule is C[C@@H](OC(=O)c1ccc2c(c1)OCCO2)C(=O)NCc1ccc2c(c1)OCO2. The molecule has 0 saturated heterocycles. The number of nitrogens with one attached hydrogen (secondary N) is 1. The van der Waals surface area contributed by atoms with E-state index in [2.05, 4.69) is 5.32 Å². The van der Waals surface area contributed by atoms with Gasteiger partial charge < -0.3 is 29.0 Å². The Hall–Kier alpha value is -3.42. The highest BCUT2D eigenvalue weighted by atomic mass is 16.7.